The van der Waals surface area contributed by atoms with Crippen molar-refractivity contribution in [1.29, 1.82) is 0 Å². The molecule has 3 aromatic carbocycles. The number of hydrogen-bond acceptors (Lipinski definition) is 5. The van der Waals surface area contributed by atoms with E-state index in [-0.39, 0.29) is 11.7 Å². The second-order valence-electron chi connectivity index (χ2n) is 6.46. The molecule has 4 rings (SSSR count). The topological polar surface area (TPSA) is 85.1 Å². The van der Waals surface area contributed by atoms with Crippen molar-refractivity contribution < 1.29 is 9.18 Å². The predicted octanol–water partition coefficient (Wildman–Crippen LogP) is 3.29. The van der Waals surface area contributed by atoms with E-state index in [0.29, 0.717) is 23.5 Å². The Morgan fingerprint density at radius 1 is 1.00 bits per heavy atom. The van der Waals surface area contributed by atoms with Gasteiger partial charge in [-0.2, -0.15) is 9.90 Å². The summed E-state index contributed by atoms with van der Waals surface area (Å²) in [6.45, 7) is 0.435. The van der Waals surface area contributed by atoms with Crippen LogP contribution in [0.15, 0.2) is 84.0 Å². The molecule has 1 N–H and O–H groups in total. The van der Waals surface area contributed by atoms with Crippen LogP contribution >= 0.6 is 0 Å². The highest BCUT2D eigenvalue weighted by atomic mass is 19.1. The zero-order valence-corrected chi connectivity index (χ0v) is 15.8. The van der Waals surface area contributed by atoms with Crippen LogP contribution in [0.2, 0.25) is 0 Å². The smallest absolute Gasteiger partial charge is 0.267 e. The highest BCUT2D eigenvalue weighted by Gasteiger charge is 2.07. The third kappa shape index (κ3) is 4.79. The average Bonchev–Trinajstić information content (AvgIpc) is 3.25. The lowest BCUT2D eigenvalue weighted by Gasteiger charge is -2.03. The van der Waals surface area contributed by atoms with Gasteiger partial charge in [-0.05, 0) is 40.6 Å². The van der Waals surface area contributed by atoms with Gasteiger partial charge in [0, 0.05) is 11.1 Å². The Labute approximate surface area is 171 Å². The molecular weight excluding hydrogens is 383 g/mol. The number of nitrogens with zero attached hydrogens (tertiary/aromatic N) is 5. The van der Waals surface area contributed by atoms with Crippen LogP contribution in [0.5, 0.6) is 0 Å². The van der Waals surface area contributed by atoms with Crippen molar-refractivity contribution in [2.45, 2.75) is 6.54 Å². The van der Waals surface area contributed by atoms with E-state index >= 15 is 0 Å². The minimum absolute atomic E-state index is 0.325. The molecule has 1 heterocycles. The summed E-state index contributed by atoms with van der Waals surface area (Å²) in [5, 5.41) is 16.4. The van der Waals surface area contributed by atoms with Gasteiger partial charge < -0.3 is 0 Å². The number of halogens is 1. The Kier molecular flexibility index (Phi) is 5.66. The van der Waals surface area contributed by atoms with Gasteiger partial charge in [0.2, 0.25) is 5.82 Å². The van der Waals surface area contributed by atoms with E-state index in [1.165, 1.54) is 23.1 Å². The van der Waals surface area contributed by atoms with Crippen LogP contribution in [0.1, 0.15) is 21.5 Å². The summed E-state index contributed by atoms with van der Waals surface area (Å²) in [6.07, 6.45) is 1.45. The molecule has 7 nitrogen and oxygen atoms in total. The minimum atomic E-state index is -0.342. The molecule has 4 aromatic rings. The molecule has 0 aliphatic rings. The quantitative estimate of drug-likeness (QED) is 0.398. The maximum atomic E-state index is 12.9. The molecule has 0 aliphatic heterocycles. The fraction of sp³-hybridized carbons (Fsp3) is 0.0455. The molecule has 148 valence electrons. The van der Waals surface area contributed by atoms with Gasteiger partial charge >= 0.3 is 0 Å². The van der Waals surface area contributed by atoms with Crippen LogP contribution in [0.25, 0.3) is 11.4 Å². The molecule has 0 unspecified atom stereocenters. The molecule has 0 saturated carbocycles. The Morgan fingerprint density at radius 2 is 1.73 bits per heavy atom. The summed E-state index contributed by atoms with van der Waals surface area (Å²) in [5.41, 5.74) is 5.43. The van der Waals surface area contributed by atoms with Crippen molar-refractivity contribution in [3.8, 4) is 11.4 Å². The van der Waals surface area contributed by atoms with Crippen molar-refractivity contribution in [3.05, 3.63) is 101 Å². The summed E-state index contributed by atoms with van der Waals surface area (Å²) in [7, 11) is 0. The van der Waals surface area contributed by atoms with Crippen LogP contribution in [0.4, 0.5) is 4.39 Å². The first kappa shape index (κ1) is 19.1. The molecule has 0 fully saturated rings. The number of carbonyl (C=O) groups excluding carboxylic acids is 1. The first-order valence-electron chi connectivity index (χ1n) is 9.18. The lowest BCUT2D eigenvalue weighted by atomic mass is 10.1. The number of benzene rings is 3. The lowest BCUT2D eigenvalue weighted by molar-refractivity contribution is 0.0955. The fourth-order valence-corrected chi connectivity index (χ4v) is 2.72. The Morgan fingerprint density at radius 3 is 2.47 bits per heavy atom. The zero-order chi connectivity index (χ0) is 20.8. The van der Waals surface area contributed by atoms with E-state index in [4.69, 9.17) is 0 Å². The molecule has 0 bridgehead atoms. The number of nitrogens with one attached hydrogen (secondary N) is 1. The molecule has 0 saturated heterocycles. The van der Waals surface area contributed by atoms with Gasteiger partial charge in [0.25, 0.3) is 5.91 Å². The number of hydrazone groups is 1. The van der Waals surface area contributed by atoms with Crippen LogP contribution < -0.4 is 5.43 Å². The normalized spacial score (nSPS) is 11.0. The minimum Gasteiger partial charge on any atom is -0.267 e. The number of carbonyl (C=O) groups is 1. The molecule has 30 heavy (non-hydrogen) atoms. The van der Waals surface area contributed by atoms with Gasteiger partial charge in [0.1, 0.15) is 5.82 Å². The van der Waals surface area contributed by atoms with Gasteiger partial charge in [-0.3, -0.25) is 4.79 Å². The van der Waals surface area contributed by atoms with Gasteiger partial charge in [0.05, 0.1) is 12.8 Å². The van der Waals surface area contributed by atoms with Gasteiger partial charge in [0.15, 0.2) is 0 Å². The predicted molar refractivity (Wildman–Crippen MR) is 110 cm³/mol. The Bertz CT molecular complexity index is 1150. The van der Waals surface area contributed by atoms with Gasteiger partial charge in [-0.25, -0.2) is 9.82 Å². The third-order valence-electron chi connectivity index (χ3n) is 4.27. The van der Waals surface area contributed by atoms with Crippen molar-refractivity contribution in [1.82, 2.24) is 25.6 Å². The van der Waals surface area contributed by atoms with Crippen LogP contribution in [0, 0.1) is 5.82 Å². The first-order valence-corrected chi connectivity index (χ1v) is 9.18. The molecule has 8 heteroatoms. The largest absolute Gasteiger partial charge is 0.271 e. The van der Waals surface area contributed by atoms with Crippen molar-refractivity contribution in [2.75, 3.05) is 0 Å². The van der Waals surface area contributed by atoms with E-state index in [1.54, 1.807) is 24.3 Å². The number of aromatic nitrogens is 4. The molecule has 0 radical (unpaired) electrons. The van der Waals surface area contributed by atoms with E-state index in [0.717, 1.165) is 11.1 Å². The number of rotatable bonds is 6. The second-order valence-corrected chi connectivity index (χ2v) is 6.46. The molecule has 1 amide bonds. The summed E-state index contributed by atoms with van der Waals surface area (Å²) >= 11 is 0. The number of hydrogen-bond donors (Lipinski definition) is 1. The third-order valence-corrected chi connectivity index (χ3v) is 4.27. The second kappa shape index (κ2) is 8.87. The van der Waals surface area contributed by atoms with Crippen molar-refractivity contribution in [3.63, 3.8) is 0 Å². The first-order chi connectivity index (χ1) is 14.7. The highest BCUT2D eigenvalue weighted by molar-refractivity contribution is 5.94. The molecular formula is C22H17FN6O. The average molecular weight is 400 g/mol. The SMILES string of the molecule is O=C(N/N=C/c1ccc(F)cc1)c1ccc(Cn2nnc(-c3ccccc3)n2)cc1. The monoisotopic (exact) mass is 400 g/mol. The summed E-state index contributed by atoms with van der Waals surface area (Å²) in [4.78, 5) is 13.7. The molecule has 0 atom stereocenters. The van der Waals surface area contributed by atoms with Crippen LogP contribution in [-0.4, -0.2) is 32.3 Å². The van der Waals surface area contributed by atoms with Crippen molar-refractivity contribution in [2.24, 2.45) is 5.10 Å². The van der Waals surface area contributed by atoms with E-state index < -0.39 is 0 Å². The van der Waals surface area contributed by atoms with E-state index in [9.17, 15) is 9.18 Å². The standard InChI is InChI=1S/C22H17FN6O/c23-20-12-8-16(9-13-20)14-24-26-22(30)19-10-6-17(7-11-19)15-29-27-21(25-28-29)18-4-2-1-3-5-18/h1-14H,15H2,(H,26,30)/b24-14+. The number of tetrazole rings is 1. The van der Waals surface area contributed by atoms with E-state index in [1.807, 2.05) is 42.5 Å². The molecule has 0 aliphatic carbocycles. The van der Waals surface area contributed by atoms with E-state index in [2.05, 4.69) is 25.9 Å². The molecule has 1 aromatic heterocycles. The lowest BCUT2D eigenvalue weighted by Crippen LogP contribution is -2.17. The van der Waals surface area contributed by atoms with Crippen molar-refractivity contribution >= 4 is 12.1 Å². The highest BCUT2D eigenvalue weighted by Crippen LogP contribution is 2.12. The van der Waals surface area contributed by atoms with Crippen LogP contribution in [-0.2, 0) is 6.54 Å². The van der Waals surface area contributed by atoms with Gasteiger partial charge in [-0.1, -0.05) is 54.6 Å². The fourth-order valence-electron chi connectivity index (χ4n) is 2.72. The summed E-state index contributed by atoms with van der Waals surface area (Å²) in [5.74, 6) is -0.107. The molecule has 0 spiro atoms. The maximum Gasteiger partial charge on any atom is 0.271 e. The summed E-state index contributed by atoms with van der Waals surface area (Å²) < 4.78 is 12.9. The Hall–Kier alpha value is -4.20. The van der Waals surface area contributed by atoms with Gasteiger partial charge in [-0.15, -0.1) is 10.2 Å². The van der Waals surface area contributed by atoms with Crippen LogP contribution in [0.3, 0.4) is 0 Å². The maximum absolute atomic E-state index is 12.9. The number of amides is 1. The summed E-state index contributed by atoms with van der Waals surface area (Å²) in [6, 6.07) is 22.5. The zero-order valence-electron chi connectivity index (χ0n) is 15.8. The Balaban J connectivity index is 1.35.